The zero-order valence-corrected chi connectivity index (χ0v) is 15.1. The van der Waals surface area contributed by atoms with Gasteiger partial charge in [0.05, 0.1) is 12.7 Å². The van der Waals surface area contributed by atoms with Crippen LogP contribution in [-0.4, -0.2) is 41.8 Å². The van der Waals surface area contributed by atoms with Crippen molar-refractivity contribution >= 4 is 0 Å². The smallest absolute Gasteiger partial charge is 0.108 e. The molecule has 0 radical (unpaired) electrons. The predicted octanol–water partition coefficient (Wildman–Crippen LogP) is 4.03. The van der Waals surface area contributed by atoms with Crippen LogP contribution in [0.3, 0.4) is 0 Å². The van der Waals surface area contributed by atoms with Crippen LogP contribution in [0, 0.1) is 0 Å². The molecule has 1 N–H and O–H groups in total. The van der Waals surface area contributed by atoms with Crippen molar-refractivity contribution < 1.29 is 9.84 Å². The lowest BCUT2D eigenvalue weighted by molar-refractivity contribution is -0.0349. The van der Waals surface area contributed by atoms with Gasteiger partial charge in [-0.25, -0.2) is 0 Å². The molecule has 134 valence electrons. The number of aliphatic hydroxyl groups is 1. The molecule has 1 saturated heterocycles. The van der Waals surface area contributed by atoms with Gasteiger partial charge in [-0.3, -0.25) is 4.90 Å². The lowest BCUT2D eigenvalue weighted by Gasteiger charge is -2.35. The van der Waals surface area contributed by atoms with E-state index in [2.05, 4.69) is 36.1 Å². The minimum Gasteiger partial charge on any atom is -0.389 e. The van der Waals surface area contributed by atoms with Gasteiger partial charge >= 0.3 is 0 Å². The van der Waals surface area contributed by atoms with Crippen molar-refractivity contribution in [1.29, 1.82) is 0 Å². The third-order valence-corrected chi connectivity index (χ3v) is 5.16. The van der Waals surface area contributed by atoms with E-state index in [4.69, 9.17) is 4.74 Å². The van der Waals surface area contributed by atoms with Crippen LogP contribution in [0.25, 0.3) is 0 Å². The summed E-state index contributed by atoms with van der Waals surface area (Å²) >= 11 is 0. The molecule has 3 rings (SSSR count). The Balaban J connectivity index is 1.66. The van der Waals surface area contributed by atoms with Crippen molar-refractivity contribution in [3.05, 3.63) is 71.8 Å². The summed E-state index contributed by atoms with van der Waals surface area (Å²) in [6, 6.07) is 20.6. The Morgan fingerprint density at radius 2 is 1.40 bits per heavy atom. The molecule has 3 heteroatoms. The Labute approximate surface area is 151 Å². The number of likely N-dealkylation sites (tertiary alicyclic amines) is 1. The molecule has 1 fully saturated rings. The van der Waals surface area contributed by atoms with E-state index in [1.54, 1.807) is 0 Å². The summed E-state index contributed by atoms with van der Waals surface area (Å²) in [5.41, 5.74) is 2.23. The van der Waals surface area contributed by atoms with Gasteiger partial charge in [0.25, 0.3) is 0 Å². The maximum Gasteiger partial charge on any atom is 0.108 e. The van der Waals surface area contributed by atoms with Crippen LogP contribution in [-0.2, 0) is 4.74 Å². The van der Waals surface area contributed by atoms with Crippen LogP contribution in [0.1, 0.15) is 43.4 Å². The third-order valence-electron chi connectivity index (χ3n) is 5.16. The predicted molar refractivity (Wildman–Crippen MR) is 102 cm³/mol. The first-order chi connectivity index (χ1) is 12.3. The van der Waals surface area contributed by atoms with E-state index in [0.29, 0.717) is 6.61 Å². The SMILES string of the molecule is C[C@H]([C@@H](O)COC(c1ccccc1)c1ccccc1)N1CCCCC1. The summed E-state index contributed by atoms with van der Waals surface area (Å²) < 4.78 is 6.21. The molecular weight excluding hydrogens is 310 g/mol. The molecule has 25 heavy (non-hydrogen) atoms. The Bertz CT molecular complexity index is 571. The van der Waals surface area contributed by atoms with Crippen molar-refractivity contribution in [3.8, 4) is 0 Å². The van der Waals surface area contributed by atoms with Crippen molar-refractivity contribution in [2.45, 2.75) is 44.4 Å². The molecule has 0 bridgehead atoms. The van der Waals surface area contributed by atoms with Crippen LogP contribution >= 0.6 is 0 Å². The van der Waals surface area contributed by atoms with E-state index < -0.39 is 6.10 Å². The maximum absolute atomic E-state index is 10.6. The van der Waals surface area contributed by atoms with E-state index in [1.165, 1.54) is 19.3 Å². The highest BCUT2D eigenvalue weighted by Crippen LogP contribution is 2.26. The molecule has 0 spiro atoms. The number of aliphatic hydroxyl groups excluding tert-OH is 1. The lowest BCUT2D eigenvalue weighted by Crippen LogP contribution is -2.46. The molecule has 2 aromatic carbocycles. The van der Waals surface area contributed by atoms with Crippen molar-refractivity contribution in [2.24, 2.45) is 0 Å². The van der Waals surface area contributed by atoms with Crippen LogP contribution in [0.4, 0.5) is 0 Å². The maximum atomic E-state index is 10.6. The highest BCUT2D eigenvalue weighted by molar-refractivity contribution is 5.29. The molecule has 1 aliphatic rings. The Morgan fingerprint density at radius 1 is 0.880 bits per heavy atom. The van der Waals surface area contributed by atoms with E-state index in [-0.39, 0.29) is 12.1 Å². The second kappa shape index (κ2) is 9.14. The minimum atomic E-state index is -0.479. The molecule has 2 atom stereocenters. The standard InChI is InChI=1S/C22H29NO2/c1-18(23-15-9-4-10-16-23)21(24)17-25-22(19-11-5-2-6-12-19)20-13-7-3-8-14-20/h2-3,5-8,11-14,18,21-22,24H,4,9-10,15-17H2,1H3/t18-,21+/m1/s1. The fraction of sp³-hybridized carbons (Fsp3) is 0.455. The van der Waals surface area contributed by atoms with Gasteiger partial charge in [0.1, 0.15) is 6.10 Å². The summed E-state index contributed by atoms with van der Waals surface area (Å²) in [4.78, 5) is 2.39. The number of hydrogen-bond acceptors (Lipinski definition) is 3. The molecule has 1 heterocycles. The van der Waals surface area contributed by atoms with Gasteiger partial charge < -0.3 is 9.84 Å². The van der Waals surface area contributed by atoms with Crippen LogP contribution < -0.4 is 0 Å². The van der Waals surface area contributed by atoms with Gasteiger partial charge in [-0.2, -0.15) is 0 Å². The van der Waals surface area contributed by atoms with Gasteiger partial charge in [-0.15, -0.1) is 0 Å². The van der Waals surface area contributed by atoms with Gasteiger partial charge in [0.15, 0.2) is 0 Å². The zero-order valence-electron chi connectivity index (χ0n) is 15.1. The second-order valence-electron chi connectivity index (χ2n) is 6.94. The number of ether oxygens (including phenoxy) is 1. The molecule has 0 aliphatic carbocycles. The van der Waals surface area contributed by atoms with Crippen molar-refractivity contribution in [2.75, 3.05) is 19.7 Å². The van der Waals surface area contributed by atoms with Gasteiger partial charge in [0, 0.05) is 6.04 Å². The Morgan fingerprint density at radius 3 is 1.92 bits per heavy atom. The van der Waals surface area contributed by atoms with Crippen molar-refractivity contribution in [1.82, 2.24) is 4.90 Å². The van der Waals surface area contributed by atoms with Crippen LogP contribution in [0.5, 0.6) is 0 Å². The summed E-state index contributed by atoms with van der Waals surface area (Å²) in [6.45, 7) is 4.61. The van der Waals surface area contributed by atoms with E-state index in [9.17, 15) is 5.11 Å². The number of rotatable bonds is 7. The summed E-state index contributed by atoms with van der Waals surface area (Å²) in [7, 11) is 0. The Hall–Kier alpha value is -1.68. The zero-order chi connectivity index (χ0) is 17.5. The first-order valence-electron chi connectivity index (χ1n) is 9.39. The van der Waals surface area contributed by atoms with E-state index in [0.717, 1.165) is 24.2 Å². The molecule has 1 aliphatic heterocycles. The normalized spacial score (nSPS) is 18.2. The summed E-state index contributed by atoms with van der Waals surface area (Å²) in [5.74, 6) is 0. The number of piperidine rings is 1. The molecular formula is C22H29NO2. The quantitative estimate of drug-likeness (QED) is 0.827. The highest BCUT2D eigenvalue weighted by Gasteiger charge is 2.25. The van der Waals surface area contributed by atoms with Crippen LogP contribution in [0.15, 0.2) is 60.7 Å². The van der Waals surface area contributed by atoms with E-state index in [1.807, 2.05) is 36.4 Å². The fourth-order valence-corrected chi connectivity index (χ4v) is 3.54. The summed E-state index contributed by atoms with van der Waals surface area (Å²) in [6.07, 6.45) is 3.14. The molecule has 0 unspecified atom stereocenters. The first-order valence-corrected chi connectivity index (χ1v) is 9.39. The Kier molecular flexibility index (Phi) is 6.62. The lowest BCUT2D eigenvalue weighted by atomic mass is 10.0. The average Bonchev–Trinajstić information content (AvgIpc) is 2.70. The molecule has 0 amide bonds. The number of hydrogen-bond donors (Lipinski definition) is 1. The first kappa shape index (κ1) is 18.1. The monoisotopic (exact) mass is 339 g/mol. The topological polar surface area (TPSA) is 32.7 Å². The largest absolute Gasteiger partial charge is 0.389 e. The fourth-order valence-electron chi connectivity index (χ4n) is 3.54. The third kappa shape index (κ3) is 4.91. The number of benzene rings is 2. The van der Waals surface area contributed by atoms with Crippen LogP contribution in [0.2, 0.25) is 0 Å². The van der Waals surface area contributed by atoms with Gasteiger partial charge in [0.2, 0.25) is 0 Å². The second-order valence-corrected chi connectivity index (χ2v) is 6.94. The van der Waals surface area contributed by atoms with E-state index >= 15 is 0 Å². The van der Waals surface area contributed by atoms with Gasteiger partial charge in [-0.05, 0) is 44.0 Å². The highest BCUT2D eigenvalue weighted by atomic mass is 16.5. The number of nitrogens with zero attached hydrogens (tertiary/aromatic N) is 1. The molecule has 2 aromatic rings. The summed E-state index contributed by atoms with van der Waals surface area (Å²) in [5, 5.41) is 10.6. The molecule has 3 nitrogen and oxygen atoms in total. The molecule has 0 aromatic heterocycles. The van der Waals surface area contributed by atoms with Gasteiger partial charge in [-0.1, -0.05) is 67.1 Å². The molecule has 0 saturated carbocycles. The van der Waals surface area contributed by atoms with Crippen molar-refractivity contribution in [3.63, 3.8) is 0 Å². The minimum absolute atomic E-state index is 0.132. The average molecular weight is 339 g/mol.